The van der Waals surface area contributed by atoms with Crippen LogP contribution in [0.25, 0.3) is 31.1 Å². The van der Waals surface area contributed by atoms with Gasteiger partial charge >= 0.3 is 0 Å². The Bertz CT molecular complexity index is 910. The number of thiophene rings is 1. The topological polar surface area (TPSA) is 22.1 Å². The maximum absolute atomic E-state index is 5.27. The van der Waals surface area contributed by atoms with Gasteiger partial charge in [-0.25, -0.2) is 0 Å². The molecule has 0 unspecified atom stereocenters. The summed E-state index contributed by atoms with van der Waals surface area (Å²) in [7, 11) is 1.68. The number of rotatable bonds is 1. The highest BCUT2D eigenvalue weighted by molar-refractivity contribution is 7.26. The molecule has 0 aliphatic heterocycles. The average Bonchev–Trinajstić information content (AvgIpc) is 2.85. The van der Waals surface area contributed by atoms with Crippen molar-refractivity contribution in [1.82, 2.24) is 4.98 Å². The van der Waals surface area contributed by atoms with Crippen LogP contribution in [-0.2, 0) is 0 Å². The maximum Gasteiger partial charge on any atom is 0.121 e. The first-order chi connectivity index (χ1) is 9.36. The molecule has 0 aliphatic rings. The molecule has 0 N–H and O–H groups in total. The molecule has 3 heteroatoms. The minimum atomic E-state index is 0.846. The lowest BCUT2D eigenvalue weighted by Gasteiger charge is -2.03. The van der Waals surface area contributed by atoms with Gasteiger partial charge < -0.3 is 4.74 Å². The van der Waals surface area contributed by atoms with Crippen molar-refractivity contribution in [3.05, 3.63) is 48.7 Å². The van der Waals surface area contributed by atoms with Crippen LogP contribution in [0.4, 0.5) is 0 Å². The summed E-state index contributed by atoms with van der Waals surface area (Å²) in [5, 5.41) is 3.80. The van der Waals surface area contributed by atoms with E-state index >= 15 is 0 Å². The number of benzene rings is 2. The fraction of sp³-hybridized carbons (Fsp3) is 0.0625. The van der Waals surface area contributed by atoms with E-state index in [9.17, 15) is 0 Å². The van der Waals surface area contributed by atoms with Gasteiger partial charge in [0, 0.05) is 33.1 Å². The van der Waals surface area contributed by atoms with Gasteiger partial charge in [-0.05, 0) is 18.2 Å². The molecule has 92 valence electrons. The Morgan fingerprint density at radius 2 is 1.89 bits per heavy atom. The Hall–Kier alpha value is -2.13. The second-order valence-electron chi connectivity index (χ2n) is 4.48. The first-order valence-electron chi connectivity index (χ1n) is 6.11. The number of nitrogens with zero attached hydrogens (tertiary/aromatic N) is 1. The minimum absolute atomic E-state index is 0.846. The first kappa shape index (κ1) is 10.8. The second-order valence-corrected chi connectivity index (χ2v) is 5.56. The number of aromatic nitrogens is 1. The molecule has 2 aromatic carbocycles. The van der Waals surface area contributed by atoms with Crippen molar-refractivity contribution in [3.8, 4) is 5.75 Å². The number of fused-ring (bicyclic) bond motifs is 5. The van der Waals surface area contributed by atoms with Crippen LogP contribution in [0.2, 0.25) is 0 Å². The fourth-order valence-corrected chi connectivity index (χ4v) is 3.61. The van der Waals surface area contributed by atoms with Crippen molar-refractivity contribution < 1.29 is 4.74 Å². The molecule has 0 bridgehead atoms. The van der Waals surface area contributed by atoms with Gasteiger partial charge in [0.2, 0.25) is 0 Å². The molecule has 0 fully saturated rings. The van der Waals surface area contributed by atoms with Crippen molar-refractivity contribution >= 4 is 42.4 Å². The predicted octanol–water partition coefficient (Wildman–Crippen LogP) is 4.61. The van der Waals surface area contributed by atoms with Gasteiger partial charge in [-0.1, -0.05) is 18.2 Å². The van der Waals surface area contributed by atoms with Gasteiger partial charge in [-0.15, -0.1) is 11.3 Å². The minimum Gasteiger partial charge on any atom is -0.497 e. The number of hydrogen-bond donors (Lipinski definition) is 0. The highest BCUT2D eigenvalue weighted by Gasteiger charge is 2.09. The van der Waals surface area contributed by atoms with Crippen LogP contribution in [0.3, 0.4) is 0 Å². The average molecular weight is 265 g/mol. The molecular formula is C16H11NOS. The summed E-state index contributed by atoms with van der Waals surface area (Å²) >= 11 is 1.79. The van der Waals surface area contributed by atoms with Crippen molar-refractivity contribution in [2.24, 2.45) is 0 Å². The molecular weight excluding hydrogens is 254 g/mol. The lowest BCUT2D eigenvalue weighted by molar-refractivity contribution is 0.415. The molecule has 4 rings (SSSR count). The molecule has 0 amide bonds. The highest BCUT2D eigenvalue weighted by atomic mass is 32.1. The van der Waals surface area contributed by atoms with E-state index in [1.54, 1.807) is 18.4 Å². The number of methoxy groups -OCH3 is 1. The largest absolute Gasteiger partial charge is 0.497 e. The molecule has 0 saturated heterocycles. The Morgan fingerprint density at radius 3 is 2.79 bits per heavy atom. The van der Waals surface area contributed by atoms with Crippen molar-refractivity contribution in [3.63, 3.8) is 0 Å². The Balaban J connectivity index is 2.23. The molecule has 0 spiro atoms. The van der Waals surface area contributed by atoms with E-state index in [0.29, 0.717) is 0 Å². The zero-order valence-corrected chi connectivity index (χ0v) is 11.2. The van der Waals surface area contributed by atoms with E-state index in [-0.39, 0.29) is 0 Å². The van der Waals surface area contributed by atoms with Gasteiger partial charge in [0.1, 0.15) is 5.75 Å². The van der Waals surface area contributed by atoms with E-state index < -0.39 is 0 Å². The summed E-state index contributed by atoms with van der Waals surface area (Å²) in [4.78, 5) is 4.54. The zero-order chi connectivity index (χ0) is 12.8. The lowest BCUT2D eigenvalue weighted by atomic mass is 10.1. The smallest absolute Gasteiger partial charge is 0.121 e. The van der Waals surface area contributed by atoms with E-state index in [2.05, 4.69) is 35.3 Å². The first-order valence-corrected chi connectivity index (χ1v) is 6.92. The standard InChI is InChI=1S/C16H11NOS/c1-18-10-6-7-11-13(8-10)17-9-15-16(11)12-4-2-3-5-14(12)19-15/h2-9H,1H3. The van der Waals surface area contributed by atoms with E-state index in [1.165, 1.54) is 25.6 Å². The van der Waals surface area contributed by atoms with Crippen LogP contribution in [-0.4, -0.2) is 12.1 Å². The maximum atomic E-state index is 5.27. The van der Waals surface area contributed by atoms with E-state index in [0.717, 1.165) is 11.3 Å². The number of hydrogen-bond acceptors (Lipinski definition) is 3. The molecule has 2 heterocycles. The molecule has 0 aliphatic carbocycles. The van der Waals surface area contributed by atoms with Crippen LogP contribution >= 0.6 is 11.3 Å². The SMILES string of the molecule is COc1ccc2c(c1)ncc1sc3ccccc3c12. The Kier molecular flexibility index (Phi) is 2.23. The molecule has 0 saturated carbocycles. The summed E-state index contributed by atoms with van der Waals surface area (Å²) in [5.74, 6) is 0.846. The van der Waals surface area contributed by atoms with Crippen molar-refractivity contribution in [2.45, 2.75) is 0 Å². The number of pyridine rings is 1. The third kappa shape index (κ3) is 1.52. The van der Waals surface area contributed by atoms with Crippen LogP contribution in [0.1, 0.15) is 0 Å². The third-order valence-corrected chi connectivity index (χ3v) is 4.52. The third-order valence-electron chi connectivity index (χ3n) is 3.42. The highest BCUT2D eigenvalue weighted by Crippen LogP contribution is 2.37. The van der Waals surface area contributed by atoms with Crippen molar-refractivity contribution in [2.75, 3.05) is 7.11 Å². The number of ether oxygens (including phenoxy) is 1. The van der Waals surface area contributed by atoms with Crippen LogP contribution in [0, 0.1) is 0 Å². The van der Waals surface area contributed by atoms with E-state index in [4.69, 9.17) is 4.74 Å². The summed E-state index contributed by atoms with van der Waals surface area (Å²) in [6.45, 7) is 0. The lowest BCUT2D eigenvalue weighted by Crippen LogP contribution is -1.84. The summed E-state index contributed by atoms with van der Waals surface area (Å²) < 4.78 is 7.81. The molecule has 4 aromatic rings. The monoisotopic (exact) mass is 265 g/mol. The summed E-state index contributed by atoms with van der Waals surface area (Å²) in [5.41, 5.74) is 0.982. The summed E-state index contributed by atoms with van der Waals surface area (Å²) in [6.07, 6.45) is 1.96. The molecule has 0 radical (unpaired) electrons. The Morgan fingerprint density at radius 1 is 1.00 bits per heavy atom. The van der Waals surface area contributed by atoms with Gasteiger partial charge in [0.25, 0.3) is 0 Å². The van der Waals surface area contributed by atoms with Crippen molar-refractivity contribution in [1.29, 1.82) is 0 Å². The molecule has 0 atom stereocenters. The van der Waals surface area contributed by atoms with Gasteiger partial charge in [-0.3, -0.25) is 4.98 Å². The van der Waals surface area contributed by atoms with E-state index in [1.807, 2.05) is 18.3 Å². The van der Waals surface area contributed by atoms with Crippen LogP contribution in [0.15, 0.2) is 48.7 Å². The molecule has 19 heavy (non-hydrogen) atoms. The Labute approximate surface area is 114 Å². The normalized spacial score (nSPS) is 11.4. The van der Waals surface area contributed by atoms with Gasteiger partial charge in [-0.2, -0.15) is 0 Å². The van der Waals surface area contributed by atoms with Gasteiger partial charge in [0.15, 0.2) is 0 Å². The quantitative estimate of drug-likeness (QED) is 0.501. The molecule has 2 aromatic heterocycles. The zero-order valence-electron chi connectivity index (χ0n) is 10.4. The predicted molar refractivity (Wildman–Crippen MR) is 81.2 cm³/mol. The fourth-order valence-electron chi connectivity index (χ4n) is 2.52. The second kappa shape index (κ2) is 3.93. The van der Waals surface area contributed by atoms with Crippen LogP contribution < -0.4 is 4.74 Å². The molecule has 2 nitrogen and oxygen atoms in total. The summed E-state index contributed by atoms with van der Waals surface area (Å²) in [6, 6.07) is 14.6. The van der Waals surface area contributed by atoms with Crippen LogP contribution in [0.5, 0.6) is 5.75 Å². The van der Waals surface area contributed by atoms with Gasteiger partial charge in [0.05, 0.1) is 17.3 Å².